The number of fused-ring (bicyclic) bond motifs is 1. The predicted molar refractivity (Wildman–Crippen MR) is 108 cm³/mol. The zero-order chi connectivity index (χ0) is 21.4. The van der Waals surface area contributed by atoms with Crippen LogP contribution >= 0.6 is 11.6 Å². The van der Waals surface area contributed by atoms with E-state index in [0.717, 1.165) is 4.90 Å². The fraction of sp³-hybridized carbons (Fsp3) is 0.200. The SMILES string of the molecule is CC(=O)c1ccc(NC(=O)CN2N=NC3C(=O)N(c4ccc(Cl)cc4)C(=O)C32)cc1. The summed E-state index contributed by atoms with van der Waals surface area (Å²) in [4.78, 5) is 50.3. The number of carbonyl (C=O) groups excluding carboxylic acids is 4. The highest BCUT2D eigenvalue weighted by Gasteiger charge is 2.55. The van der Waals surface area contributed by atoms with E-state index in [2.05, 4.69) is 15.7 Å². The Morgan fingerprint density at radius 1 is 1.03 bits per heavy atom. The highest BCUT2D eigenvalue weighted by atomic mass is 35.5. The second kappa shape index (κ2) is 7.68. The van der Waals surface area contributed by atoms with Crippen molar-refractivity contribution in [2.75, 3.05) is 16.8 Å². The number of ketones is 1. The molecule has 9 nitrogen and oxygen atoms in total. The molecule has 0 spiro atoms. The summed E-state index contributed by atoms with van der Waals surface area (Å²) in [5.74, 6) is -1.52. The van der Waals surface area contributed by atoms with E-state index >= 15 is 0 Å². The maximum Gasteiger partial charge on any atom is 0.263 e. The number of nitrogens with zero attached hydrogens (tertiary/aromatic N) is 4. The molecule has 2 aliphatic heterocycles. The van der Waals surface area contributed by atoms with Crippen molar-refractivity contribution >= 4 is 46.5 Å². The smallest absolute Gasteiger partial charge is 0.263 e. The average molecular weight is 426 g/mol. The Morgan fingerprint density at radius 2 is 1.70 bits per heavy atom. The first-order valence-electron chi connectivity index (χ1n) is 9.07. The van der Waals surface area contributed by atoms with Gasteiger partial charge in [-0.3, -0.25) is 24.2 Å². The minimum absolute atomic E-state index is 0.0777. The number of halogens is 1. The van der Waals surface area contributed by atoms with Crippen LogP contribution in [0.3, 0.4) is 0 Å². The van der Waals surface area contributed by atoms with E-state index in [1.165, 1.54) is 11.9 Å². The average Bonchev–Trinajstić information content (AvgIpc) is 3.23. The predicted octanol–water partition coefficient (Wildman–Crippen LogP) is 2.47. The first kappa shape index (κ1) is 19.7. The molecule has 2 aromatic rings. The van der Waals surface area contributed by atoms with Gasteiger partial charge >= 0.3 is 0 Å². The van der Waals surface area contributed by atoms with Crippen LogP contribution in [0.25, 0.3) is 0 Å². The fourth-order valence-corrected chi connectivity index (χ4v) is 3.46. The van der Waals surface area contributed by atoms with Crippen molar-refractivity contribution in [2.45, 2.75) is 19.0 Å². The summed E-state index contributed by atoms with van der Waals surface area (Å²) in [6.07, 6.45) is 0. The molecule has 2 unspecified atom stereocenters. The highest BCUT2D eigenvalue weighted by Crippen LogP contribution is 2.32. The molecule has 2 atom stereocenters. The first-order valence-corrected chi connectivity index (χ1v) is 9.44. The zero-order valence-electron chi connectivity index (χ0n) is 15.8. The van der Waals surface area contributed by atoms with Gasteiger partial charge in [0.1, 0.15) is 6.54 Å². The van der Waals surface area contributed by atoms with Crippen LogP contribution < -0.4 is 10.2 Å². The number of benzene rings is 2. The molecule has 2 aliphatic rings. The van der Waals surface area contributed by atoms with Crippen LogP contribution in [0.4, 0.5) is 11.4 Å². The van der Waals surface area contributed by atoms with Crippen LogP contribution in [0.2, 0.25) is 5.02 Å². The third-order valence-electron chi connectivity index (χ3n) is 4.82. The number of imide groups is 1. The van der Waals surface area contributed by atoms with Gasteiger partial charge in [0, 0.05) is 16.3 Å². The number of hydrogen-bond acceptors (Lipinski definition) is 7. The molecule has 152 valence electrons. The first-order chi connectivity index (χ1) is 14.3. The maximum atomic E-state index is 12.9. The number of amides is 3. The fourth-order valence-electron chi connectivity index (χ4n) is 3.33. The second-order valence-electron chi connectivity index (χ2n) is 6.86. The molecule has 1 N–H and O–H groups in total. The Hall–Kier alpha value is -3.59. The van der Waals surface area contributed by atoms with Gasteiger partial charge < -0.3 is 5.32 Å². The quantitative estimate of drug-likeness (QED) is 0.584. The third kappa shape index (κ3) is 3.55. The molecule has 0 aromatic heterocycles. The minimum atomic E-state index is -0.990. The number of nitrogens with one attached hydrogen (secondary N) is 1. The molecular formula is C20H16ClN5O4. The van der Waals surface area contributed by atoms with Crippen molar-refractivity contribution in [2.24, 2.45) is 10.3 Å². The highest BCUT2D eigenvalue weighted by molar-refractivity contribution is 6.31. The Kier molecular flexibility index (Phi) is 5.04. The summed E-state index contributed by atoms with van der Waals surface area (Å²) in [5.41, 5.74) is 1.41. The van der Waals surface area contributed by atoms with Crippen LogP contribution in [0, 0.1) is 0 Å². The summed E-state index contributed by atoms with van der Waals surface area (Å²) in [6.45, 7) is 1.20. The summed E-state index contributed by atoms with van der Waals surface area (Å²) < 4.78 is 0. The van der Waals surface area contributed by atoms with Gasteiger partial charge in [0.15, 0.2) is 17.9 Å². The number of carbonyl (C=O) groups is 4. The van der Waals surface area contributed by atoms with Crippen molar-refractivity contribution in [3.8, 4) is 0 Å². The van der Waals surface area contributed by atoms with E-state index in [-0.39, 0.29) is 12.3 Å². The van der Waals surface area contributed by atoms with Gasteiger partial charge in [-0.15, -0.1) is 0 Å². The second-order valence-corrected chi connectivity index (χ2v) is 7.30. The lowest BCUT2D eigenvalue weighted by atomic mass is 10.1. The molecule has 30 heavy (non-hydrogen) atoms. The van der Waals surface area contributed by atoms with E-state index in [1.807, 2.05) is 0 Å². The van der Waals surface area contributed by atoms with Gasteiger partial charge in [-0.1, -0.05) is 16.8 Å². The standard InChI is InChI=1S/C20H16ClN5O4/c1-11(27)12-2-6-14(7-3-12)22-16(28)10-25-18-17(23-24-25)19(29)26(20(18)30)15-8-4-13(21)5-9-15/h2-9,17-18H,10H2,1H3,(H,22,28). The topological polar surface area (TPSA) is 112 Å². The van der Waals surface area contributed by atoms with Gasteiger partial charge in [0.25, 0.3) is 11.8 Å². The van der Waals surface area contributed by atoms with E-state index < -0.39 is 29.8 Å². The lowest BCUT2D eigenvalue weighted by molar-refractivity contribution is -0.123. The number of Topliss-reactive ketones (excluding diaryl/α,β-unsaturated/α-hetero) is 1. The van der Waals surface area contributed by atoms with E-state index in [0.29, 0.717) is 22.0 Å². The van der Waals surface area contributed by atoms with Crippen molar-refractivity contribution in [1.29, 1.82) is 0 Å². The molecular weight excluding hydrogens is 410 g/mol. The molecule has 2 aromatic carbocycles. The number of rotatable bonds is 5. The molecule has 0 aliphatic carbocycles. The Morgan fingerprint density at radius 3 is 2.33 bits per heavy atom. The molecule has 4 rings (SSSR count). The molecule has 10 heteroatoms. The van der Waals surface area contributed by atoms with Gasteiger partial charge in [-0.05, 0) is 55.5 Å². The van der Waals surface area contributed by atoms with E-state index in [1.54, 1.807) is 48.5 Å². The molecule has 2 heterocycles. The summed E-state index contributed by atoms with van der Waals surface area (Å²) >= 11 is 5.87. The summed E-state index contributed by atoms with van der Waals surface area (Å²) in [7, 11) is 0. The number of hydrogen-bond donors (Lipinski definition) is 1. The Bertz CT molecular complexity index is 1070. The Labute approximate surface area is 176 Å². The lowest BCUT2D eigenvalue weighted by Gasteiger charge is -2.20. The third-order valence-corrected chi connectivity index (χ3v) is 5.08. The molecule has 3 amide bonds. The van der Waals surface area contributed by atoms with E-state index in [4.69, 9.17) is 11.6 Å². The van der Waals surface area contributed by atoms with Gasteiger partial charge in [0.05, 0.1) is 5.69 Å². The van der Waals surface area contributed by atoms with Gasteiger partial charge in [-0.2, -0.15) is 5.11 Å². The normalized spacial score (nSPS) is 19.9. The van der Waals surface area contributed by atoms with Crippen molar-refractivity contribution in [1.82, 2.24) is 5.01 Å². The van der Waals surface area contributed by atoms with Crippen LogP contribution in [-0.4, -0.2) is 47.1 Å². The van der Waals surface area contributed by atoms with Crippen LogP contribution in [-0.2, 0) is 14.4 Å². The van der Waals surface area contributed by atoms with Crippen LogP contribution in [0.15, 0.2) is 58.9 Å². The molecule has 0 radical (unpaired) electrons. The largest absolute Gasteiger partial charge is 0.324 e. The van der Waals surface area contributed by atoms with Gasteiger partial charge in [0.2, 0.25) is 5.91 Å². The monoisotopic (exact) mass is 425 g/mol. The van der Waals surface area contributed by atoms with Crippen LogP contribution in [0.5, 0.6) is 0 Å². The van der Waals surface area contributed by atoms with E-state index in [9.17, 15) is 19.2 Å². The van der Waals surface area contributed by atoms with Gasteiger partial charge in [-0.25, -0.2) is 4.90 Å². The number of anilines is 2. The summed E-state index contributed by atoms with van der Waals surface area (Å²) in [5, 5.41) is 12.1. The van der Waals surface area contributed by atoms with Crippen molar-refractivity contribution in [3.05, 3.63) is 59.1 Å². The van der Waals surface area contributed by atoms with Crippen molar-refractivity contribution < 1.29 is 19.2 Å². The Balaban J connectivity index is 1.45. The van der Waals surface area contributed by atoms with Crippen molar-refractivity contribution in [3.63, 3.8) is 0 Å². The summed E-state index contributed by atoms with van der Waals surface area (Å²) in [6, 6.07) is 10.8. The zero-order valence-corrected chi connectivity index (χ0v) is 16.5. The molecule has 0 saturated carbocycles. The lowest BCUT2D eigenvalue weighted by Crippen LogP contribution is -2.43. The molecule has 0 bridgehead atoms. The molecule has 1 fully saturated rings. The minimum Gasteiger partial charge on any atom is -0.324 e. The molecule has 1 saturated heterocycles. The maximum absolute atomic E-state index is 12.9. The van der Waals surface area contributed by atoms with Crippen LogP contribution in [0.1, 0.15) is 17.3 Å².